The second kappa shape index (κ2) is 8.93. The Morgan fingerprint density at radius 3 is 2.28 bits per heavy atom. The molecule has 0 saturated carbocycles. The Kier molecular flexibility index (Phi) is 6.64. The van der Waals surface area contributed by atoms with Crippen LogP contribution in [0.2, 0.25) is 0 Å². The van der Waals surface area contributed by atoms with Gasteiger partial charge in [0.15, 0.2) is 33.1 Å². The molecule has 10 heteroatoms. The van der Waals surface area contributed by atoms with Crippen molar-refractivity contribution in [1.29, 1.82) is 0 Å². The molecule has 0 spiro atoms. The molecule has 1 heterocycles. The number of sulfone groups is 1. The minimum atomic E-state index is -4.22. The van der Waals surface area contributed by atoms with Crippen LogP contribution in [-0.4, -0.2) is 21.1 Å². The molecule has 1 unspecified atom stereocenters. The number of ether oxygens (including phenoxy) is 1. The Morgan fingerprint density at radius 2 is 1.72 bits per heavy atom. The molecular weight excluding hydrogens is 450 g/mol. The number of amides is 1. The molecular formula is C22H21F4NO4S. The number of hydrogen-bond donors (Lipinski definition) is 0. The number of nitrogens with zero attached hydrogens (tertiary/aromatic N) is 1. The Bertz CT molecular complexity index is 1170. The number of hydrogen-bond acceptors (Lipinski definition) is 4. The van der Waals surface area contributed by atoms with Crippen molar-refractivity contribution in [1.82, 2.24) is 0 Å². The summed E-state index contributed by atoms with van der Waals surface area (Å²) in [5.41, 5.74) is -0.758. The van der Waals surface area contributed by atoms with E-state index < -0.39 is 67.9 Å². The number of rotatable bonds is 7. The van der Waals surface area contributed by atoms with Crippen LogP contribution in [0, 0.1) is 30.2 Å². The highest BCUT2D eigenvalue weighted by Gasteiger charge is 2.32. The molecule has 0 aromatic heterocycles. The molecule has 2 aromatic rings. The summed E-state index contributed by atoms with van der Waals surface area (Å²) >= 11 is 0. The van der Waals surface area contributed by atoms with Crippen molar-refractivity contribution in [3.05, 3.63) is 76.4 Å². The number of carbonyl (C=O) groups excluding carboxylic acids is 1. The average Bonchev–Trinajstić information content (AvgIpc) is 2.75. The molecule has 5 nitrogen and oxygen atoms in total. The quantitative estimate of drug-likeness (QED) is 0.314. The molecule has 1 amide bonds. The van der Waals surface area contributed by atoms with E-state index in [1.807, 2.05) is 6.92 Å². The van der Waals surface area contributed by atoms with Crippen molar-refractivity contribution < 1.29 is 35.5 Å². The standard InChI is InChI=1S/C22H21F4NO4S/c1-4-8-27-16-7-6-13(9-14(16)17(5-2)31-22(27)28)10-32(29,30)11-15-20(25)18(23)12(3)19(24)21(15)26/h5-7,9,17H,2,4,8,10-11H2,1,3H3. The summed E-state index contributed by atoms with van der Waals surface area (Å²) in [5.74, 6) is -8.60. The maximum absolute atomic E-state index is 14.1. The van der Waals surface area contributed by atoms with Crippen molar-refractivity contribution in [3.63, 3.8) is 0 Å². The minimum absolute atomic E-state index is 0.249. The van der Waals surface area contributed by atoms with Crippen LogP contribution in [0.4, 0.5) is 28.0 Å². The van der Waals surface area contributed by atoms with Gasteiger partial charge in [-0.2, -0.15) is 0 Å². The van der Waals surface area contributed by atoms with Gasteiger partial charge in [-0.15, -0.1) is 0 Å². The summed E-state index contributed by atoms with van der Waals surface area (Å²) in [6, 6.07) is 4.51. The molecule has 3 rings (SSSR count). The molecule has 172 valence electrons. The van der Waals surface area contributed by atoms with E-state index in [9.17, 15) is 30.8 Å². The Balaban J connectivity index is 1.95. The van der Waals surface area contributed by atoms with E-state index in [0.29, 0.717) is 24.2 Å². The first-order chi connectivity index (χ1) is 15.0. The smallest absolute Gasteiger partial charge is 0.415 e. The van der Waals surface area contributed by atoms with Crippen LogP contribution in [0.5, 0.6) is 0 Å². The zero-order chi connectivity index (χ0) is 23.8. The molecule has 32 heavy (non-hydrogen) atoms. The minimum Gasteiger partial charge on any atom is -0.437 e. The fraction of sp³-hybridized carbons (Fsp3) is 0.318. The third-order valence-corrected chi connectivity index (χ3v) is 6.62. The van der Waals surface area contributed by atoms with Gasteiger partial charge in [-0.25, -0.2) is 30.8 Å². The first-order valence-corrected chi connectivity index (χ1v) is 11.6. The molecule has 0 N–H and O–H groups in total. The van der Waals surface area contributed by atoms with Crippen LogP contribution in [-0.2, 0) is 26.1 Å². The highest BCUT2D eigenvalue weighted by atomic mass is 32.2. The van der Waals surface area contributed by atoms with Gasteiger partial charge >= 0.3 is 6.09 Å². The average molecular weight is 471 g/mol. The number of carbonyl (C=O) groups is 1. The Labute approximate surface area is 183 Å². The summed E-state index contributed by atoms with van der Waals surface area (Å²) < 4.78 is 86.4. The lowest BCUT2D eigenvalue weighted by molar-refractivity contribution is 0.121. The Morgan fingerprint density at radius 1 is 1.09 bits per heavy atom. The summed E-state index contributed by atoms with van der Waals surface area (Å²) in [6.45, 7) is 6.74. The molecule has 0 bridgehead atoms. The van der Waals surface area contributed by atoms with Gasteiger partial charge in [0.1, 0.15) is 6.10 Å². The Hall–Kier alpha value is -2.88. The van der Waals surface area contributed by atoms with E-state index in [0.717, 1.165) is 6.92 Å². The number of fused-ring (bicyclic) bond motifs is 1. The van der Waals surface area contributed by atoms with Crippen LogP contribution in [0.3, 0.4) is 0 Å². The van der Waals surface area contributed by atoms with Gasteiger partial charge in [0.05, 0.1) is 17.2 Å². The van der Waals surface area contributed by atoms with Crippen molar-refractivity contribution in [2.45, 2.75) is 37.9 Å². The fourth-order valence-electron chi connectivity index (χ4n) is 3.55. The normalized spacial score (nSPS) is 16.0. The van der Waals surface area contributed by atoms with Gasteiger partial charge < -0.3 is 4.74 Å². The van der Waals surface area contributed by atoms with E-state index in [1.165, 1.54) is 23.1 Å². The SMILES string of the molecule is C=CC1OC(=O)N(CCC)c2ccc(CS(=O)(=O)Cc3c(F)c(F)c(C)c(F)c3F)cc21. The summed E-state index contributed by atoms with van der Waals surface area (Å²) in [4.78, 5) is 13.6. The number of anilines is 1. The molecule has 0 fully saturated rings. The van der Waals surface area contributed by atoms with Crippen molar-refractivity contribution >= 4 is 21.6 Å². The van der Waals surface area contributed by atoms with Crippen molar-refractivity contribution in [2.24, 2.45) is 0 Å². The number of halogens is 4. The van der Waals surface area contributed by atoms with Gasteiger partial charge in [0, 0.05) is 23.2 Å². The zero-order valence-corrected chi connectivity index (χ0v) is 18.2. The molecule has 1 aliphatic heterocycles. The lowest BCUT2D eigenvalue weighted by Gasteiger charge is -2.33. The van der Waals surface area contributed by atoms with E-state index >= 15 is 0 Å². The van der Waals surface area contributed by atoms with Gasteiger partial charge in [0.25, 0.3) is 0 Å². The number of cyclic esters (lactones) is 1. The highest BCUT2D eigenvalue weighted by Crippen LogP contribution is 2.36. The lowest BCUT2D eigenvalue weighted by atomic mass is 10.0. The molecule has 2 aromatic carbocycles. The number of benzene rings is 2. The first-order valence-electron chi connectivity index (χ1n) is 9.76. The third kappa shape index (κ3) is 4.36. The van der Waals surface area contributed by atoms with Gasteiger partial charge in [-0.05, 0) is 37.1 Å². The lowest BCUT2D eigenvalue weighted by Crippen LogP contribution is -2.37. The van der Waals surface area contributed by atoms with Crippen LogP contribution >= 0.6 is 0 Å². The summed E-state index contributed by atoms with van der Waals surface area (Å²) in [6.07, 6.45) is 0.688. The molecule has 0 saturated heterocycles. The van der Waals surface area contributed by atoms with E-state index in [2.05, 4.69) is 6.58 Å². The molecule has 1 atom stereocenters. The van der Waals surface area contributed by atoms with Gasteiger partial charge in [-0.1, -0.05) is 19.6 Å². The van der Waals surface area contributed by atoms with Gasteiger partial charge in [0.2, 0.25) is 0 Å². The van der Waals surface area contributed by atoms with Crippen LogP contribution in [0.15, 0.2) is 30.9 Å². The second-order valence-electron chi connectivity index (χ2n) is 7.48. The molecule has 0 radical (unpaired) electrons. The van der Waals surface area contributed by atoms with E-state index in [4.69, 9.17) is 4.74 Å². The molecule has 0 aliphatic carbocycles. The summed E-state index contributed by atoms with van der Waals surface area (Å²) in [5, 5.41) is 0. The molecule has 1 aliphatic rings. The largest absolute Gasteiger partial charge is 0.437 e. The van der Waals surface area contributed by atoms with Crippen LogP contribution < -0.4 is 4.90 Å². The third-order valence-electron chi connectivity index (χ3n) is 5.12. The highest BCUT2D eigenvalue weighted by molar-refractivity contribution is 7.89. The predicted octanol–water partition coefficient (Wildman–Crippen LogP) is 5.26. The van der Waals surface area contributed by atoms with Crippen LogP contribution in [0.1, 0.15) is 41.7 Å². The van der Waals surface area contributed by atoms with Crippen molar-refractivity contribution in [2.75, 3.05) is 11.4 Å². The first kappa shape index (κ1) is 23.8. The maximum atomic E-state index is 14.1. The van der Waals surface area contributed by atoms with E-state index in [-0.39, 0.29) is 5.56 Å². The second-order valence-corrected chi connectivity index (χ2v) is 9.54. The topological polar surface area (TPSA) is 63.7 Å². The predicted molar refractivity (Wildman–Crippen MR) is 111 cm³/mol. The monoisotopic (exact) mass is 471 g/mol. The summed E-state index contributed by atoms with van der Waals surface area (Å²) in [7, 11) is -4.22. The maximum Gasteiger partial charge on any atom is 0.415 e. The van der Waals surface area contributed by atoms with E-state index in [1.54, 1.807) is 6.07 Å². The van der Waals surface area contributed by atoms with Gasteiger partial charge in [-0.3, -0.25) is 4.90 Å². The fourth-order valence-corrected chi connectivity index (χ4v) is 5.03. The van der Waals surface area contributed by atoms with Crippen LogP contribution in [0.25, 0.3) is 0 Å². The zero-order valence-electron chi connectivity index (χ0n) is 17.4. The van der Waals surface area contributed by atoms with Crippen molar-refractivity contribution in [3.8, 4) is 0 Å².